The second-order valence-electron chi connectivity index (χ2n) is 7.38. The van der Waals surface area contributed by atoms with E-state index in [0.29, 0.717) is 19.4 Å². The zero-order chi connectivity index (χ0) is 20.6. The van der Waals surface area contributed by atoms with Crippen LogP contribution in [0.25, 0.3) is 0 Å². The lowest BCUT2D eigenvalue weighted by Crippen LogP contribution is -2.46. The number of carbonyl (C=O) groups is 1. The summed E-state index contributed by atoms with van der Waals surface area (Å²) in [5.41, 5.74) is 3.22. The molecule has 1 N–H and O–H groups in total. The standard InChI is InChI=1S/C23H30BrN3O2/c1-3-26-11-13-27(14-12-26)20-9-10-22(18(2)16-20)25-23(28)8-5-15-29-21-7-4-6-19(24)17-21/h4,6-7,9-10,16-17H,3,5,8,11-15H2,1-2H3,(H,25,28). The lowest BCUT2D eigenvalue weighted by molar-refractivity contribution is -0.116. The molecule has 0 unspecified atom stereocenters. The van der Waals surface area contributed by atoms with E-state index in [9.17, 15) is 4.79 Å². The molecule has 1 heterocycles. The molecule has 5 nitrogen and oxygen atoms in total. The molecule has 2 aromatic carbocycles. The van der Waals surface area contributed by atoms with Crippen molar-refractivity contribution >= 4 is 33.2 Å². The summed E-state index contributed by atoms with van der Waals surface area (Å²) in [5.74, 6) is 0.834. The number of carbonyl (C=O) groups excluding carboxylic acids is 1. The van der Waals surface area contributed by atoms with Gasteiger partial charge in [0.05, 0.1) is 6.61 Å². The molecule has 0 radical (unpaired) electrons. The van der Waals surface area contributed by atoms with E-state index < -0.39 is 0 Å². The number of hydrogen-bond donors (Lipinski definition) is 1. The summed E-state index contributed by atoms with van der Waals surface area (Å²) >= 11 is 3.43. The van der Waals surface area contributed by atoms with E-state index in [4.69, 9.17) is 4.74 Å². The Bertz CT molecular complexity index is 820. The van der Waals surface area contributed by atoms with Crippen LogP contribution in [0.3, 0.4) is 0 Å². The summed E-state index contributed by atoms with van der Waals surface area (Å²) in [4.78, 5) is 17.2. The average Bonchev–Trinajstić information content (AvgIpc) is 2.73. The van der Waals surface area contributed by atoms with Gasteiger partial charge in [-0.15, -0.1) is 0 Å². The fourth-order valence-corrected chi connectivity index (χ4v) is 3.88. The maximum Gasteiger partial charge on any atom is 0.224 e. The first-order chi connectivity index (χ1) is 14.0. The highest BCUT2D eigenvalue weighted by Gasteiger charge is 2.16. The van der Waals surface area contributed by atoms with E-state index >= 15 is 0 Å². The van der Waals surface area contributed by atoms with Crippen molar-refractivity contribution in [3.63, 3.8) is 0 Å². The predicted octanol–water partition coefficient (Wildman–Crippen LogP) is 4.70. The predicted molar refractivity (Wildman–Crippen MR) is 123 cm³/mol. The van der Waals surface area contributed by atoms with Crippen molar-refractivity contribution in [2.45, 2.75) is 26.7 Å². The summed E-state index contributed by atoms with van der Waals surface area (Å²) in [7, 11) is 0. The largest absolute Gasteiger partial charge is 0.494 e. The molecule has 1 aliphatic rings. The van der Waals surface area contributed by atoms with E-state index in [1.54, 1.807) is 0 Å². The van der Waals surface area contributed by atoms with Crippen LogP contribution in [0, 0.1) is 6.92 Å². The second-order valence-corrected chi connectivity index (χ2v) is 8.29. The molecular formula is C23H30BrN3O2. The van der Waals surface area contributed by atoms with Crippen LogP contribution in [0.15, 0.2) is 46.9 Å². The van der Waals surface area contributed by atoms with Crippen molar-refractivity contribution in [3.05, 3.63) is 52.5 Å². The van der Waals surface area contributed by atoms with Crippen LogP contribution >= 0.6 is 15.9 Å². The molecular weight excluding hydrogens is 430 g/mol. The van der Waals surface area contributed by atoms with Gasteiger partial charge in [-0.3, -0.25) is 4.79 Å². The molecule has 0 spiro atoms. The Hall–Kier alpha value is -2.05. The quantitative estimate of drug-likeness (QED) is 0.581. The molecule has 156 valence electrons. The van der Waals surface area contributed by atoms with Gasteiger partial charge in [0.2, 0.25) is 5.91 Å². The van der Waals surface area contributed by atoms with Gasteiger partial charge in [-0.05, 0) is 61.9 Å². The Kier molecular flexibility index (Phi) is 7.95. The van der Waals surface area contributed by atoms with Gasteiger partial charge in [0.1, 0.15) is 5.75 Å². The maximum absolute atomic E-state index is 12.3. The third-order valence-electron chi connectivity index (χ3n) is 5.28. The highest BCUT2D eigenvalue weighted by molar-refractivity contribution is 9.10. The third kappa shape index (κ3) is 6.47. The Morgan fingerprint density at radius 2 is 1.93 bits per heavy atom. The molecule has 0 aromatic heterocycles. The minimum atomic E-state index is 0.0234. The summed E-state index contributed by atoms with van der Waals surface area (Å²) in [6, 6.07) is 14.0. The molecule has 6 heteroatoms. The summed E-state index contributed by atoms with van der Waals surface area (Å²) in [5, 5.41) is 3.04. The zero-order valence-electron chi connectivity index (χ0n) is 17.3. The van der Waals surface area contributed by atoms with Crippen molar-refractivity contribution in [3.8, 4) is 5.75 Å². The Balaban J connectivity index is 1.44. The number of rotatable bonds is 8. The van der Waals surface area contributed by atoms with Gasteiger partial charge in [-0.25, -0.2) is 0 Å². The van der Waals surface area contributed by atoms with Crippen molar-refractivity contribution in [2.75, 3.05) is 49.5 Å². The normalized spacial score (nSPS) is 14.7. The van der Waals surface area contributed by atoms with Crippen molar-refractivity contribution in [1.29, 1.82) is 0 Å². The number of benzene rings is 2. The number of nitrogens with zero attached hydrogens (tertiary/aromatic N) is 2. The molecule has 0 saturated carbocycles. The molecule has 29 heavy (non-hydrogen) atoms. The first-order valence-corrected chi connectivity index (χ1v) is 11.1. The highest BCUT2D eigenvalue weighted by atomic mass is 79.9. The van der Waals surface area contributed by atoms with Gasteiger partial charge >= 0.3 is 0 Å². The maximum atomic E-state index is 12.3. The molecule has 0 atom stereocenters. The second kappa shape index (κ2) is 10.6. The fraction of sp³-hybridized carbons (Fsp3) is 0.435. The molecule has 0 bridgehead atoms. The van der Waals surface area contributed by atoms with E-state index in [-0.39, 0.29) is 5.91 Å². The topological polar surface area (TPSA) is 44.8 Å². The Morgan fingerprint density at radius 3 is 2.62 bits per heavy atom. The smallest absolute Gasteiger partial charge is 0.224 e. The number of anilines is 2. The Labute approximate surface area is 182 Å². The molecule has 1 fully saturated rings. The highest BCUT2D eigenvalue weighted by Crippen LogP contribution is 2.24. The summed E-state index contributed by atoms with van der Waals surface area (Å²) < 4.78 is 6.68. The number of piperazine rings is 1. The molecule has 1 saturated heterocycles. The number of aryl methyl sites for hydroxylation is 1. The molecule has 1 aliphatic heterocycles. The van der Waals surface area contributed by atoms with Crippen LogP contribution in [0.4, 0.5) is 11.4 Å². The van der Waals surface area contributed by atoms with Crippen molar-refractivity contribution < 1.29 is 9.53 Å². The van der Waals surface area contributed by atoms with Crippen molar-refractivity contribution in [2.24, 2.45) is 0 Å². The molecule has 3 rings (SSSR count). The Morgan fingerprint density at radius 1 is 1.14 bits per heavy atom. The third-order valence-corrected chi connectivity index (χ3v) is 5.77. The van der Waals surface area contributed by atoms with E-state index in [0.717, 1.165) is 54.2 Å². The monoisotopic (exact) mass is 459 g/mol. The zero-order valence-corrected chi connectivity index (χ0v) is 18.9. The van der Waals surface area contributed by atoms with Crippen LogP contribution in [0.1, 0.15) is 25.3 Å². The minimum Gasteiger partial charge on any atom is -0.494 e. The lowest BCUT2D eigenvalue weighted by Gasteiger charge is -2.35. The number of hydrogen-bond acceptors (Lipinski definition) is 4. The summed E-state index contributed by atoms with van der Waals surface area (Å²) in [6.07, 6.45) is 1.12. The number of likely N-dealkylation sites (N-methyl/N-ethyl adjacent to an activating group) is 1. The van der Waals surface area contributed by atoms with Gasteiger partial charge in [0, 0.05) is 48.4 Å². The van der Waals surface area contributed by atoms with Crippen molar-refractivity contribution in [1.82, 2.24) is 4.90 Å². The number of amides is 1. The first-order valence-electron chi connectivity index (χ1n) is 10.3. The number of halogens is 1. The van der Waals surface area contributed by atoms with Crippen LogP contribution in [0.2, 0.25) is 0 Å². The number of nitrogens with one attached hydrogen (secondary N) is 1. The number of ether oxygens (including phenoxy) is 1. The van der Waals surface area contributed by atoms with Gasteiger partial charge < -0.3 is 19.9 Å². The van der Waals surface area contributed by atoms with Crippen LogP contribution in [-0.4, -0.2) is 50.1 Å². The lowest BCUT2D eigenvalue weighted by atomic mass is 10.1. The minimum absolute atomic E-state index is 0.0234. The van der Waals surface area contributed by atoms with E-state index in [2.05, 4.69) is 57.0 Å². The molecule has 1 amide bonds. The van der Waals surface area contributed by atoms with Gasteiger partial charge in [0.15, 0.2) is 0 Å². The fourth-order valence-electron chi connectivity index (χ4n) is 3.50. The van der Waals surface area contributed by atoms with Crippen LogP contribution < -0.4 is 15.0 Å². The average molecular weight is 460 g/mol. The first kappa shape index (κ1) is 21.7. The van der Waals surface area contributed by atoms with E-state index in [1.165, 1.54) is 5.69 Å². The van der Waals surface area contributed by atoms with Gasteiger partial charge in [-0.2, -0.15) is 0 Å². The van der Waals surface area contributed by atoms with Gasteiger partial charge in [-0.1, -0.05) is 28.9 Å². The van der Waals surface area contributed by atoms with Crippen LogP contribution in [-0.2, 0) is 4.79 Å². The van der Waals surface area contributed by atoms with E-state index in [1.807, 2.05) is 30.3 Å². The SMILES string of the molecule is CCN1CCN(c2ccc(NC(=O)CCCOc3cccc(Br)c3)c(C)c2)CC1. The van der Waals surface area contributed by atoms with Gasteiger partial charge in [0.25, 0.3) is 0 Å². The molecule has 2 aromatic rings. The van der Waals surface area contributed by atoms with Crippen LogP contribution in [0.5, 0.6) is 5.75 Å². The summed E-state index contributed by atoms with van der Waals surface area (Å²) in [6.45, 7) is 10.2. The molecule has 0 aliphatic carbocycles.